The van der Waals surface area contributed by atoms with Crippen molar-refractivity contribution in [2.24, 2.45) is 0 Å². The summed E-state index contributed by atoms with van der Waals surface area (Å²) in [6.45, 7) is 3.33. The van der Waals surface area contributed by atoms with E-state index in [0.29, 0.717) is 11.4 Å². The van der Waals surface area contributed by atoms with E-state index in [1.165, 1.54) is 39.1 Å². The zero-order valence-corrected chi connectivity index (χ0v) is 21.7. The van der Waals surface area contributed by atoms with Gasteiger partial charge in [0.1, 0.15) is 17.7 Å². The number of aromatic nitrogens is 7. The lowest BCUT2D eigenvalue weighted by atomic mass is 10.2. The van der Waals surface area contributed by atoms with Crippen LogP contribution in [0.5, 0.6) is 11.8 Å². The van der Waals surface area contributed by atoms with Gasteiger partial charge in [-0.2, -0.15) is 9.97 Å². The molecule has 3 heterocycles. The number of aryl methyl sites for hydroxylation is 1. The molecule has 0 saturated carbocycles. The summed E-state index contributed by atoms with van der Waals surface area (Å²) in [5.41, 5.74) is 1.71. The van der Waals surface area contributed by atoms with Gasteiger partial charge < -0.3 is 14.2 Å². The average molecular weight is 527 g/mol. The fourth-order valence-electron chi connectivity index (χ4n) is 3.61. The van der Waals surface area contributed by atoms with Gasteiger partial charge in [-0.05, 0) is 19.4 Å². The maximum Gasteiger partial charge on any atom is 0.245 e. The lowest BCUT2D eigenvalue weighted by Crippen LogP contribution is -2.33. The number of rotatable bonds is 10. The Labute approximate surface area is 214 Å². The van der Waals surface area contributed by atoms with Crippen molar-refractivity contribution in [3.05, 3.63) is 60.4 Å². The van der Waals surface area contributed by atoms with Crippen molar-refractivity contribution < 1.29 is 22.6 Å². The van der Waals surface area contributed by atoms with Gasteiger partial charge in [-0.15, -0.1) is 10.2 Å². The molecule has 0 unspecified atom stereocenters. The molecule has 37 heavy (non-hydrogen) atoms. The first-order chi connectivity index (χ1) is 17.8. The summed E-state index contributed by atoms with van der Waals surface area (Å²) >= 11 is 0. The van der Waals surface area contributed by atoms with Gasteiger partial charge in [0.15, 0.2) is 17.3 Å². The number of ether oxygens (including phenoxy) is 3. The molecule has 1 N–H and O–H groups in total. The second kappa shape index (κ2) is 10.8. The molecular formula is C23H26N8O5S. The van der Waals surface area contributed by atoms with E-state index in [4.69, 9.17) is 14.2 Å². The van der Waals surface area contributed by atoms with Gasteiger partial charge in [0.25, 0.3) is 0 Å². The third-order valence-electron chi connectivity index (χ3n) is 5.52. The number of hydrogen-bond acceptors (Lipinski definition) is 11. The maximum absolute atomic E-state index is 13.6. The summed E-state index contributed by atoms with van der Waals surface area (Å²) in [7, 11) is 0.124. The van der Waals surface area contributed by atoms with Gasteiger partial charge in [0, 0.05) is 25.1 Å². The van der Waals surface area contributed by atoms with Gasteiger partial charge in [-0.25, -0.2) is 18.4 Å². The molecule has 194 valence electrons. The Morgan fingerprint density at radius 2 is 1.54 bits per heavy atom. The molecule has 2 atom stereocenters. The molecule has 14 heteroatoms. The summed E-state index contributed by atoms with van der Waals surface area (Å²) in [6, 6.07) is 9.10. The highest BCUT2D eigenvalue weighted by Crippen LogP contribution is 2.35. The molecule has 4 aromatic rings. The second-order valence-electron chi connectivity index (χ2n) is 7.92. The lowest BCUT2D eigenvalue weighted by Gasteiger charge is -2.22. The summed E-state index contributed by atoms with van der Waals surface area (Å²) in [5.74, 6) is 0.664. The number of hydrogen-bond donors (Lipinski definition) is 1. The van der Waals surface area contributed by atoms with Crippen LogP contribution in [0.3, 0.4) is 0 Å². The highest BCUT2D eigenvalue weighted by Gasteiger charge is 2.35. The molecule has 0 amide bonds. The maximum atomic E-state index is 13.6. The Morgan fingerprint density at radius 1 is 0.919 bits per heavy atom. The molecule has 0 aliphatic heterocycles. The van der Waals surface area contributed by atoms with E-state index in [9.17, 15) is 8.42 Å². The molecule has 4 rings (SSSR count). The monoisotopic (exact) mass is 526 g/mol. The summed E-state index contributed by atoms with van der Waals surface area (Å²) in [5, 5.41) is 7.28. The predicted octanol–water partition coefficient (Wildman–Crippen LogP) is 2.36. The molecule has 0 aliphatic carbocycles. The zero-order chi connectivity index (χ0) is 26.6. The Hall–Kier alpha value is -4.17. The summed E-state index contributed by atoms with van der Waals surface area (Å²) in [4.78, 5) is 16.8. The molecule has 1 aromatic carbocycles. The highest BCUT2D eigenvalue weighted by atomic mass is 32.2. The third kappa shape index (κ3) is 5.20. The number of methoxy groups -OCH3 is 3. The molecule has 0 radical (unpaired) electrons. The van der Waals surface area contributed by atoms with Crippen LogP contribution < -0.4 is 14.2 Å². The minimum atomic E-state index is -4.12. The molecule has 0 fully saturated rings. The first-order valence-corrected chi connectivity index (χ1v) is 12.6. The molecule has 0 bridgehead atoms. The Kier molecular flexibility index (Phi) is 7.59. The molecule has 3 aromatic heterocycles. The van der Waals surface area contributed by atoms with E-state index in [2.05, 4.69) is 34.9 Å². The van der Waals surface area contributed by atoms with Crippen LogP contribution in [-0.2, 0) is 14.8 Å². The van der Waals surface area contributed by atoms with Crippen molar-refractivity contribution in [3.8, 4) is 28.8 Å². The number of benzene rings is 1. The van der Waals surface area contributed by atoms with Gasteiger partial charge in [-0.1, -0.05) is 30.3 Å². The third-order valence-corrected chi connectivity index (χ3v) is 7.21. The first-order valence-electron chi connectivity index (χ1n) is 11.1. The van der Waals surface area contributed by atoms with E-state index in [0.717, 1.165) is 5.56 Å². The predicted molar refractivity (Wildman–Crippen MR) is 134 cm³/mol. The highest BCUT2D eigenvalue weighted by molar-refractivity contribution is 7.93. The smallest absolute Gasteiger partial charge is 0.245 e. The number of nitrogens with zero attached hydrogens (tertiary/aromatic N) is 7. The molecule has 0 saturated heterocycles. The first kappa shape index (κ1) is 25.9. The van der Waals surface area contributed by atoms with Gasteiger partial charge >= 0.3 is 0 Å². The van der Waals surface area contributed by atoms with Crippen molar-refractivity contribution >= 4 is 16.0 Å². The van der Waals surface area contributed by atoms with E-state index >= 15 is 0 Å². The normalized spacial score (nSPS) is 13.1. The quantitative estimate of drug-likeness (QED) is 0.323. The molecular weight excluding hydrogens is 500 g/mol. The average Bonchev–Trinajstić information content (AvgIpc) is 3.32. The minimum absolute atomic E-state index is 0.125. The van der Waals surface area contributed by atoms with Crippen LogP contribution >= 0.6 is 0 Å². The van der Waals surface area contributed by atoms with Gasteiger partial charge in [0.05, 0.1) is 14.2 Å². The standard InChI is InChI=1S/C23H26N8O5S/c1-14-11-24-19(25-12-14)18(34-3)15(2)37(32,33)30-23-29-28-20(16-9-7-6-8-10-16)31(23)17-21(35-4)26-13-27-22(17)36-5/h6-13,15,18H,1-5H3,(H,29,30)/t15-,18-/m0/s1. The summed E-state index contributed by atoms with van der Waals surface area (Å²) in [6.07, 6.45) is 3.51. The van der Waals surface area contributed by atoms with Crippen LogP contribution in [0.4, 0.5) is 5.95 Å². The van der Waals surface area contributed by atoms with Gasteiger partial charge in [0.2, 0.25) is 27.7 Å². The van der Waals surface area contributed by atoms with E-state index in [1.54, 1.807) is 24.5 Å². The summed E-state index contributed by atoms with van der Waals surface area (Å²) < 4.78 is 47.4. The van der Waals surface area contributed by atoms with E-state index in [-0.39, 0.29) is 29.2 Å². The Morgan fingerprint density at radius 3 is 2.11 bits per heavy atom. The van der Waals surface area contributed by atoms with Crippen LogP contribution in [0.2, 0.25) is 0 Å². The SMILES string of the molecule is COc1ncnc(OC)c1-n1c(NS(=O)(=O)[C@@H](C)[C@H](OC)c2ncc(C)cn2)nnc1-c1ccccc1. The molecule has 0 aliphatic rings. The van der Waals surface area contributed by atoms with Crippen molar-refractivity contribution in [1.82, 2.24) is 34.7 Å². The minimum Gasteiger partial charge on any atom is -0.479 e. The van der Waals surface area contributed by atoms with E-state index < -0.39 is 21.4 Å². The van der Waals surface area contributed by atoms with E-state index in [1.807, 2.05) is 25.1 Å². The number of anilines is 1. The van der Waals surface area contributed by atoms with Crippen LogP contribution in [0, 0.1) is 6.92 Å². The Balaban J connectivity index is 1.83. The van der Waals surface area contributed by atoms with Gasteiger partial charge in [-0.3, -0.25) is 9.29 Å². The lowest BCUT2D eigenvalue weighted by molar-refractivity contribution is 0.0949. The molecule has 0 spiro atoms. The fraction of sp³-hybridized carbons (Fsp3) is 0.304. The van der Waals surface area contributed by atoms with Crippen molar-refractivity contribution in [3.63, 3.8) is 0 Å². The zero-order valence-electron chi connectivity index (χ0n) is 20.9. The largest absolute Gasteiger partial charge is 0.479 e. The van der Waals surface area contributed by atoms with Crippen LogP contribution in [0.1, 0.15) is 24.4 Å². The van der Waals surface area contributed by atoms with Crippen LogP contribution in [0.25, 0.3) is 17.1 Å². The van der Waals surface area contributed by atoms with Crippen LogP contribution in [0.15, 0.2) is 49.1 Å². The number of nitrogens with one attached hydrogen (secondary N) is 1. The fourth-order valence-corrected chi connectivity index (χ4v) is 4.74. The topological polar surface area (TPSA) is 156 Å². The van der Waals surface area contributed by atoms with Crippen molar-refractivity contribution in [2.45, 2.75) is 25.2 Å². The van der Waals surface area contributed by atoms with Crippen LogP contribution in [-0.4, -0.2) is 69.7 Å². The van der Waals surface area contributed by atoms with Crippen molar-refractivity contribution in [2.75, 3.05) is 26.1 Å². The number of sulfonamides is 1. The second-order valence-corrected chi connectivity index (χ2v) is 9.95. The molecule has 13 nitrogen and oxygen atoms in total. The Bertz CT molecular complexity index is 1440. The van der Waals surface area contributed by atoms with Crippen molar-refractivity contribution in [1.29, 1.82) is 0 Å².